The summed E-state index contributed by atoms with van der Waals surface area (Å²) in [5.41, 5.74) is 0.546. The number of nitrogens with one attached hydrogen (secondary N) is 1. The fraction of sp³-hybridized carbons (Fsp3) is 0.462. The summed E-state index contributed by atoms with van der Waals surface area (Å²) in [6.07, 6.45) is 4.32. The Hall–Kier alpha value is -1.25. The molecule has 1 aliphatic carbocycles. The molecule has 1 aromatic rings. The van der Waals surface area contributed by atoms with Gasteiger partial charge in [-0.3, -0.25) is 4.72 Å². The zero-order valence-corrected chi connectivity index (χ0v) is 12.0. The van der Waals surface area contributed by atoms with E-state index < -0.39 is 10.0 Å². The number of nitrogens with zero attached hydrogens (tertiary/aromatic N) is 1. The van der Waals surface area contributed by atoms with E-state index in [9.17, 15) is 8.42 Å². The van der Waals surface area contributed by atoms with Gasteiger partial charge in [0.25, 0.3) is 0 Å². The highest BCUT2D eigenvalue weighted by molar-refractivity contribution is 7.93. The average molecular weight is 299 g/mol. The Morgan fingerprint density at radius 2 is 1.95 bits per heavy atom. The van der Waals surface area contributed by atoms with Crippen LogP contribution in [0.4, 0.5) is 5.69 Å². The first-order chi connectivity index (χ1) is 9.03. The summed E-state index contributed by atoms with van der Waals surface area (Å²) < 4.78 is 27.1. The summed E-state index contributed by atoms with van der Waals surface area (Å²) in [4.78, 5) is 0. The molecule has 0 atom stereocenters. The van der Waals surface area contributed by atoms with Gasteiger partial charge in [-0.15, -0.1) is 0 Å². The van der Waals surface area contributed by atoms with E-state index in [4.69, 9.17) is 16.9 Å². The van der Waals surface area contributed by atoms with Crippen LogP contribution in [0.5, 0.6) is 0 Å². The molecule has 102 valence electrons. The normalized spacial score (nSPS) is 16.8. The van der Waals surface area contributed by atoms with Gasteiger partial charge in [-0.2, -0.15) is 5.26 Å². The first kappa shape index (κ1) is 14.2. The van der Waals surface area contributed by atoms with Crippen LogP contribution < -0.4 is 4.72 Å². The van der Waals surface area contributed by atoms with Gasteiger partial charge in [0.2, 0.25) is 10.0 Å². The van der Waals surface area contributed by atoms with Crippen molar-refractivity contribution < 1.29 is 8.42 Å². The van der Waals surface area contributed by atoms with Crippen molar-refractivity contribution in [2.24, 2.45) is 0 Å². The molecule has 6 heteroatoms. The fourth-order valence-corrected chi connectivity index (χ4v) is 4.08. The van der Waals surface area contributed by atoms with Gasteiger partial charge in [-0.1, -0.05) is 30.9 Å². The highest BCUT2D eigenvalue weighted by Crippen LogP contribution is 2.27. The van der Waals surface area contributed by atoms with E-state index in [1.807, 2.05) is 6.07 Å². The maximum Gasteiger partial charge on any atom is 0.235 e. The van der Waals surface area contributed by atoms with E-state index in [-0.39, 0.29) is 16.5 Å². The first-order valence-corrected chi connectivity index (χ1v) is 8.16. The van der Waals surface area contributed by atoms with Crippen molar-refractivity contribution in [1.29, 1.82) is 5.26 Å². The summed E-state index contributed by atoms with van der Waals surface area (Å²) in [6.45, 7) is 0. The molecule has 0 spiro atoms. The van der Waals surface area contributed by atoms with Crippen LogP contribution in [0.1, 0.15) is 37.7 Å². The minimum absolute atomic E-state index is 0.264. The van der Waals surface area contributed by atoms with Crippen molar-refractivity contribution in [2.75, 3.05) is 4.72 Å². The second kappa shape index (κ2) is 5.81. The third-order valence-corrected chi connectivity index (χ3v) is 5.43. The number of benzene rings is 1. The second-order valence-electron chi connectivity index (χ2n) is 4.71. The zero-order chi connectivity index (χ0) is 13.9. The summed E-state index contributed by atoms with van der Waals surface area (Å²) in [5, 5.41) is 9.02. The van der Waals surface area contributed by atoms with Crippen LogP contribution in [0, 0.1) is 11.3 Å². The summed E-state index contributed by atoms with van der Waals surface area (Å²) in [6, 6.07) is 6.52. The molecule has 0 aliphatic heterocycles. The minimum atomic E-state index is -3.45. The predicted molar refractivity (Wildman–Crippen MR) is 75.6 cm³/mol. The van der Waals surface area contributed by atoms with Crippen molar-refractivity contribution >= 4 is 27.3 Å². The van der Waals surface area contributed by atoms with Crippen LogP contribution in [0.25, 0.3) is 0 Å². The molecule has 0 bridgehead atoms. The van der Waals surface area contributed by atoms with Crippen LogP contribution in [0.3, 0.4) is 0 Å². The number of hydrogen-bond donors (Lipinski definition) is 1. The van der Waals surface area contributed by atoms with Crippen LogP contribution in [0.2, 0.25) is 5.02 Å². The van der Waals surface area contributed by atoms with Crippen molar-refractivity contribution in [3.8, 4) is 6.07 Å². The smallest absolute Gasteiger partial charge is 0.235 e. The summed E-state index contributed by atoms with van der Waals surface area (Å²) in [7, 11) is -3.45. The number of nitriles is 1. The topological polar surface area (TPSA) is 70.0 Å². The maximum atomic E-state index is 12.3. The molecule has 1 saturated carbocycles. The Morgan fingerprint density at radius 1 is 1.26 bits per heavy atom. The van der Waals surface area contributed by atoms with Crippen LogP contribution >= 0.6 is 11.6 Å². The Bertz CT molecular complexity index is 602. The van der Waals surface area contributed by atoms with Crippen LogP contribution in [-0.2, 0) is 10.0 Å². The Balaban J connectivity index is 2.25. The molecular weight excluding hydrogens is 284 g/mol. The lowest BCUT2D eigenvalue weighted by atomic mass is 10.0. The van der Waals surface area contributed by atoms with Crippen molar-refractivity contribution in [2.45, 2.75) is 37.4 Å². The highest BCUT2D eigenvalue weighted by Gasteiger charge is 2.27. The predicted octanol–water partition coefficient (Wildman–Crippen LogP) is 3.29. The molecule has 0 unspecified atom stereocenters. The van der Waals surface area contributed by atoms with E-state index in [0.29, 0.717) is 17.9 Å². The molecule has 2 rings (SSSR count). The van der Waals surface area contributed by atoms with Crippen LogP contribution in [-0.4, -0.2) is 13.7 Å². The minimum Gasteiger partial charge on any atom is -0.282 e. The molecule has 0 amide bonds. The van der Waals surface area contributed by atoms with E-state index >= 15 is 0 Å². The molecule has 4 nitrogen and oxygen atoms in total. The van der Waals surface area contributed by atoms with Crippen molar-refractivity contribution in [3.63, 3.8) is 0 Å². The van der Waals surface area contributed by atoms with Crippen molar-refractivity contribution in [1.82, 2.24) is 0 Å². The standard InChI is InChI=1S/C13H15ClN2O2S/c14-11-7-6-10(9-15)13(8-11)16-19(17,18)12-4-2-1-3-5-12/h6-8,12,16H,1-5H2. The number of hydrogen-bond acceptors (Lipinski definition) is 3. The number of sulfonamides is 1. The van der Waals surface area contributed by atoms with Gasteiger partial charge in [0.1, 0.15) is 6.07 Å². The Labute approximate surface area is 118 Å². The molecular formula is C13H15ClN2O2S. The molecule has 0 heterocycles. The molecule has 19 heavy (non-hydrogen) atoms. The van der Waals surface area contributed by atoms with Gasteiger partial charge in [-0.05, 0) is 31.0 Å². The van der Waals surface area contributed by atoms with Crippen molar-refractivity contribution in [3.05, 3.63) is 28.8 Å². The number of rotatable bonds is 3. The molecule has 1 aliphatic rings. The Morgan fingerprint density at radius 3 is 2.58 bits per heavy atom. The van der Waals surface area contributed by atoms with Gasteiger partial charge >= 0.3 is 0 Å². The molecule has 0 radical (unpaired) electrons. The quantitative estimate of drug-likeness (QED) is 0.931. The largest absolute Gasteiger partial charge is 0.282 e. The van der Waals surface area contributed by atoms with Crippen LogP contribution in [0.15, 0.2) is 18.2 Å². The SMILES string of the molecule is N#Cc1ccc(Cl)cc1NS(=O)(=O)C1CCCCC1. The Kier molecular flexibility index (Phi) is 4.33. The van der Waals surface area contributed by atoms with Gasteiger partial charge in [0, 0.05) is 5.02 Å². The second-order valence-corrected chi connectivity index (χ2v) is 7.11. The number of anilines is 1. The first-order valence-electron chi connectivity index (χ1n) is 6.24. The maximum absolute atomic E-state index is 12.3. The number of halogens is 1. The van der Waals surface area contributed by atoms with E-state index in [0.717, 1.165) is 19.3 Å². The lowest BCUT2D eigenvalue weighted by Crippen LogP contribution is -2.30. The van der Waals surface area contributed by atoms with Gasteiger partial charge in [-0.25, -0.2) is 8.42 Å². The van der Waals surface area contributed by atoms with E-state index in [1.165, 1.54) is 12.1 Å². The third kappa shape index (κ3) is 3.40. The molecule has 1 aromatic carbocycles. The summed E-state index contributed by atoms with van der Waals surface area (Å²) in [5.74, 6) is 0. The zero-order valence-electron chi connectivity index (χ0n) is 10.4. The third-order valence-electron chi connectivity index (χ3n) is 3.35. The molecule has 1 fully saturated rings. The van der Waals surface area contributed by atoms with Gasteiger partial charge in [0.05, 0.1) is 16.5 Å². The van der Waals surface area contributed by atoms with Gasteiger partial charge in [0.15, 0.2) is 0 Å². The van der Waals surface area contributed by atoms with E-state index in [1.54, 1.807) is 6.07 Å². The summed E-state index contributed by atoms with van der Waals surface area (Å²) >= 11 is 5.84. The molecule has 0 aromatic heterocycles. The molecule has 0 saturated heterocycles. The van der Waals surface area contributed by atoms with E-state index in [2.05, 4.69) is 4.72 Å². The lowest BCUT2D eigenvalue weighted by molar-refractivity contribution is 0.486. The average Bonchev–Trinajstić information content (AvgIpc) is 2.39. The monoisotopic (exact) mass is 298 g/mol. The fourth-order valence-electron chi connectivity index (χ4n) is 2.31. The lowest BCUT2D eigenvalue weighted by Gasteiger charge is -2.22. The molecule has 1 N–H and O–H groups in total. The highest BCUT2D eigenvalue weighted by atomic mass is 35.5. The van der Waals surface area contributed by atoms with Gasteiger partial charge < -0.3 is 0 Å².